The van der Waals surface area contributed by atoms with E-state index in [1.165, 1.54) is 31.4 Å². The molecule has 2 aromatic rings. The highest BCUT2D eigenvalue weighted by atomic mass is 19.1. The first-order valence-electron chi connectivity index (χ1n) is 8.26. The van der Waals surface area contributed by atoms with Gasteiger partial charge in [0.05, 0.1) is 12.7 Å². The van der Waals surface area contributed by atoms with Gasteiger partial charge in [0.25, 0.3) is 0 Å². The molecule has 0 amide bonds. The molecule has 26 heavy (non-hydrogen) atoms. The number of ketones is 1. The normalized spacial score (nSPS) is 12.5. The van der Waals surface area contributed by atoms with E-state index in [1.807, 2.05) is 20.8 Å². The summed E-state index contributed by atoms with van der Waals surface area (Å²) >= 11 is 0. The first kappa shape index (κ1) is 19.9. The second kappa shape index (κ2) is 8.29. The molecule has 0 spiro atoms. The zero-order chi connectivity index (χ0) is 19.3. The van der Waals surface area contributed by atoms with E-state index in [0.717, 1.165) is 0 Å². The number of halogens is 1. The maximum Gasteiger partial charge on any atom is 0.235 e. The van der Waals surface area contributed by atoms with Gasteiger partial charge in [0.1, 0.15) is 11.6 Å². The number of rotatable bonds is 7. The lowest BCUT2D eigenvalue weighted by molar-refractivity contribution is -0.148. The van der Waals surface area contributed by atoms with Gasteiger partial charge in [0.15, 0.2) is 5.78 Å². The van der Waals surface area contributed by atoms with Crippen LogP contribution in [0.5, 0.6) is 5.75 Å². The fourth-order valence-corrected chi connectivity index (χ4v) is 2.39. The Bertz CT molecular complexity index is 753. The minimum absolute atomic E-state index is 0.0629. The number of hydrogen-bond acceptors (Lipinski definition) is 5. The van der Waals surface area contributed by atoms with Gasteiger partial charge in [-0.25, -0.2) is 4.39 Å². The number of benzene rings is 2. The zero-order valence-electron chi connectivity index (χ0n) is 15.4. The molecule has 5 nitrogen and oxygen atoms in total. The smallest absolute Gasteiger partial charge is 0.235 e. The molecule has 1 unspecified atom stereocenters. The molecule has 0 aliphatic rings. The number of Topliss-reactive ketones (excluding diaryl/α,β-unsaturated/α-hetero) is 1. The Hall–Kier alpha value is -2.44. The van der Waals surface area contributed by atoms with Crippen LogP contribution >= 0.6 is 0 Å². The summed E-state index contributed by atoms with van der Waals surface area (Å²) < 4.78 is 23.7. The molecule has 0 aromatic heterocycles. The van der Waals surface area contributed by atoms with E-state index in [2.05, 4.69) is 5.32 Å². The van der Waals surface area contributed by atoms with E-state index in [1.54, 1.807) is 18.2 Å². The van der Waals surface area contributed by atoms with Gasteiger partial charge in [0, 0.05) is 17.7 Å². The summed E-state index contributed by atoms with van der Waals surface area (Å²) in [5, 5.41) is 12.9. The third kappa shape index (κ3) is 5.82. The molecule has 0 saturated carbocycles. The number of anilines is 1. The molecule has 0 bridgehead atoms. The average Bonchev–Trinajstić information content (AvgIpc) is 2.55. The van der Waals surface area contributed by atoms with Gasteiger partial charge in [-0.2, -0.15) is 0 Å². The number of carbonyl (C=O) groups is 1. The summed E-state index contributed by atoms with van der Waals surface area (Å²) in [4.78, 5) is 12.5. The van der Waals surface area contributed by atoms with Gasteiger partial charge < -0.3 is 19.9 Å². The fourth-order valence-electron chi connectivity index (χ4n) is 2.39. The topological polar surface area (TPSA) is 67.8 Å². The second-order valence-corrected chi connectivity index (χ2v) is 6.86. The molecule has 0 radical (unpaired) electrons. The van der Waals surface area contributed by atoms with Gasteiger partial charge in [-0.05, 0) is 68.8 Å². The van der Waals surface area contributed by atoms with E-state index in [9.17, 15) is 14.3 Å². The lowest BCUT2D eigenvalue weighted by Gasteiger charge is -2.25. The van der Waals surface area contributed by atoms with Crippen LogP contribution in [0, 0.1) is 5.82 Å². The third-order valence-corrected chi connectivity index (χ3v) is 3.57. The molecule has 0 aliphatic heterocycles. The standard InChI is InChI=1S/C20H24FNO4/c1-20(2,3)26-19(24)22-17-10-9-16(25-4)11-14(17)12-18(23)13-5-7-15(21)8-6-13/h5-11,19,22,24H,12H2,1-4H3. The molecule has 0 saturated heterocycles. The predicted octanol–water partition coefficient (Wildman–Crippen LogP) is 3.76. The maximum absolute atomic E-state index is 13.0. The summed E-state index contributed by atoms with van der Waals surface area (Å²) in [6.07, 6.45) is -1.17. The zero-order valence-corrected chi connectivity index (χ0v) is 15.4. The van der Waals surface area contributed by atoms with E-state index in [-0.39, 0.29) is 12.2 Å². The number of hydrogen-bond donors (Lipinski definition) is 2. The van der Waals surface area contributed by atoms with Gasteiger partial charge in [-0.15, -0.1) is 0 Å². The van der Waals surface area contributed by atoms with Crippen LogP contribution in [0.2, 0.25) is 0 Å². The highest BCUT2D eigenvalue weighted by Gasteiger charge is 2.18. The van der Waals surface area contributed by atoms with E-state index >= 15 is 0 Å². The molecule has 140 valence electrons. The molecule has 0 heterocycles. The largest absolute Gasteiger partial charge is 0.497 e. The SMILES string of the molecule is COc1ccc(NC(O)OC(C)(C)C)c(CC(=O)c2ccc(F)cc2)c1. The first-order chi connectivity index (χ1) is 12.2. The van der Waals surface area contributed by atoms with Crippen LogP contribution in [0.1, 0.15) is 36.7 Å². The second-order valence-electron chi connectivity index (χ2n) is 6.86. The van der Waals surface area contributed by atoms with Crippen LogP contribution in [-0.4, -0.2) is 30.0 Å². The highest BCUT2D eigenvalue weighted by Crippen LogP contribution is 2.25. The van der Waals surface area contributed by atoms with E-state index in [0.29, 0.717) is 22.6 Å². The number of ether oxygens (including phenoxy) is 2. The number of nitrogens with one attached hydrogen (secondary N) is 1. The highest BCUT2D eigenvalue weighted by molar-refractivity contribution is 5.98. The van der Waals surface area contributed by atoms with Gasteiger partial charge in [0.2, 0.25) is 6.41 Å². The summed E-state index contributed by atoms with van der Waals surface area (Å²) in [6.45, 7) is 5.47. The molecule has 2 aromatic carbocycles. The summed E-state index contributed by atoms with van der Waals surface area (Å²) in [7, 11) is 1.53. The van der Waals surface area contributed by atoms with Gasteiger partial charge in [-0.3, -0.25) is 4.79 Å². The van der Waals surface area contributed by atoms with Crippen LogP contribution < -0.4 is 10.1 Å². The Kier molecular flexibility index (Phi) is 6.34. The van der Waals surface area contributed by atoms with Crippen molar-refractivity contribution in [2.75, 3.05) is 12.4 Å². The molecule has 6 heteroatoms. The van der Waals surface area contributed by atoms with Crippen molar-refractivity contribution in [3.63, 3.8) is 0 Å². The Labute approximate surface area is 152 Å². The van der Waals surface area contributed by atoms with Crippen LogP contribution in [-0.2, 0) is 11.2 Å². The summed E-state index contributed by atoms with van der Waals surface area (Å²) in [6, 6.07) is 10.5. The van der Waals surface area contributed by atoms with Crippen molar-refractivity contribution < 1.29 is 23.8 Å². The van der Waals surface area contributed by atoms with Crippen molar-refractivity contribution in [1.29, 1.82) is 0 Å². The lowest BCUT2D eigenvalue weighted by atomic mass is 10.0. The van der Waals surface area contributed by atoms with E-state index < -0.39 is 17.8 Å². The van der Waals surface area contributed by atoms with Crippen molar-refractivity contribution in [3.05, 3.63) is 59.4 Å². The maximum atomic E-state index is 13.0. The Morgan fingerprint density at radius 1 is 1.19 bits per heavy atom. The molecule has 1 atom stereocenters. The summed E-state index contributed by atoms with van der Waals surface area (Å²) in [5.41, 5.74) is 1.06. The lowest BCUT2D eigenvalue weighted by Crippen LogP contribution is -2.32. The average molecular weight is 361 g/mol. The number of aliphatic hydroxyl groups excluding tert-OH is 1. The first-order valence-corrected chi connectivity index (χ1v) is 8.26. The van der Waals surface area contributed by atoms with Gasteiger partial charge in [-0.1, -0.05) is 0 Å². The summed E-state index contributed by atoms with van der Waals surface area (Å²) in [5.74, 6) is 0.0176. The Morgan fingerprint density at radius 3 is 2.42 bits per heavy atom. The van der Waals surface area contributed by atoms with E-state index in [4.69, 9.17) is 9.47 Å². The third-order valence-electron chi connectivity index (χ3n) is 3.57. The Morgan fingerprint density at radius 2 is 1.85 bits per heavy atom. The van der Waals surface area contributed by atoms with Gasteiger partial charge >= 0.3 is 0 Å². The van der Waals surface area contributed by atoms with Crippen molar-refractivity contribution in [2.45, 2.75) is 39.2 Å². The quantitative estimate of drug-likeness (QED) is 0.580. The van der Waals surface area contributed by atoms with Crippen LogP contribution in [0.4, 0.5) is 10.1 Å². The molecular weight excluding hydrogens is 337 g/mol. The molecule has 0 aliphatic carbocycles. The minimum Gasteiger partial charge on any atom is -0.497 e. The predicted molar refractivity (Wildman–Crippen MR) is 97.9 cm³/mol. The number of carbonyl (C=O) groups excluding carboxylic acids is 1. The van der Waals surface area contributed by atoms with Crippen molar-refractivity contribution >= 4 is 11.5 Å². The number of aliphatic hydroxyl groups is 1. The molecule has 0 fully saturated rings. The van der Waals surface area contributed by atoms with Crippen molar-refractivity contribution in [1.82, 2.24) is 0 Å². The van der Waals surface area contributed by atoms with Crippen LogP contribution in [0.15, 0.2) is 42.5 Å². The molecule has 2 rings (SSSR count). The van der Waals surface area contributed by atoms with Crippen molar-refractivity contribution in [3.8, 4) is 5.75 Å². The minimum atomic E-state index is -1.23. The van der Waals surface area contributed by atoms with Crippen LogP contribution in [0.3, 0.4) is 0 Å². The van der Waals surface area contributed by atoms with Crippen molar-refractivity contribution in [2.24, 2.45) is 0 Å². The Balaban J connectivity index is 2.22. The molecular formula is C20H24FNO4. The van der Waals surface area contributed by atoms with Crippen LogP contribution in [0.25, 0.3) is 0 Å². The number of methoxy groups -OCH3 is 1. The fraction of sp³-hybridized carbons (Fsp3) is 0.350. The molecule has 2 N–H and O–H groups in total. The monoisotopic (exact) mass is 361 g/mol.